The van der Waals surface area contributed by atoms with E-state index in [1.54, 1.807) is 24.4 Å². The molecule has 5 rings (SSSR count). The van der Waals surface area contributed by atoms with Crippen LogP contribution in [0, 0.1) is 0 Å². The molecule has 9 nitrogen and oxygen atoms in total. The van der Waals surface area contributed by atoms with Crippen LogP contribution in [0.5, 0.6) is 11.5 Å². The maximum atomic E-state index is 13.7. The lowest BCUT2D eigenvalue weighted by Crippen LogP contribution is -2.26. The van der Waals surface area contributed by atoms with Gasteiger partial charge in [-0.25, -0.2) is 9.97 Å². The second-order valence-corrected chi connectivity index (χ2v) is 9.83. The normalized spacial score (nSPS) is 12.9. The van der Waals surface area contributed by atoms with Crippen LogP contribution in [0.2, 0.25) is 0 Å². The van der Waals surface area contributed by atoms with E-state index in [0.29, 0.717) is 54.2 Å². The van der Waals surface area contributed by atoms with Crippen LogP contribution >= 0.6 is 0 Å². The quantitative estimate of drug-likeness (QED) is 0.175. The molecule has 2 aromatic heterocycles. The Morgan fingerprint density at radius 1 is 1.10 bits per heavy atom. The van der Waals surface area contributed by atoms with Crippen molar-refractivity contribution < 1.29 is 22.7 Å². The number of carbonyl (C=O) groups excluding carboxylic acids is 1. The fourth-order valence-corrected chi connectivity index (χ4v) is 4.94. The predicted octanol–water partition coefficient (Wildman–Crippen LogP) is 5.59. The SMILES string of the molecule is CCNCCNCc1cc(Nc2nc3ccc(Oc4ccnc(NC(C)=O)c4)c4c3n2CCC4)cc(C(F)(F)F)c1. The van der Waals surface area contributed by atoms with Crippen LogP contribution in [0.1, 0.15) is 37.0 Å². The van der Waals surface area contributed by atoms with E-state index in [9.17, 15) is 18.0 Å². The van der Waals surface area contributed by atoms with Gasteiger partial charge in [0.15, 0.2) is 0 Å². The van der Waals surface area contributed by atoms with E-state index in [1.807, 2.05) is 23.6 Å². The number of alkyl halides is 3. The van der Waals surface area contributed by atoms with Gasteiger partial charge in [-0.3, -0.25) is 4.79 Å². The van der Waals surface area contributed by atoms with Crippen molar-refractivity contribution >= 4 is 34.4 Å². The highest BCUT2D eigenvalue weighted by molar-refractivity contribution is 5.88. The first-order valence-electron chi connectivity index (χ1n) is 13.5. The highest BCUT2D eigenvalue weighted by atomic mass is 19.4. The molecule has 3 heterocycles. The number of anilines is 3. The summed E-state index contributed by atoms with van der Waals surface area (Å²) in [6.07, 6.45) is -1.36. The molecule has 0 fully saturated rings. The summed E-state index contributed by atoms with van der Waals surface area (Å²) in [6.45, 7) is 6.58. The van der Waals surface area contributed by atoms with E-state index < -0.39 is 11.7 Å². The minimum Gasteiger partial charge on any atom is -0.457 e. The molecule has 0 radical (unpaired) electrons. The van der Waals surface area contributed by atoms with E-state index in [4.69, 9.17) is 9.72 Å². The Hall–Kier alpha value is -4.16. The number of benzene rings is 2. The van der Waals surface area contributed by atoms with Crippen LogP contribution < -0.4 is 26.0 Å². The molecule has 216 valence electrons. The molecule has 2 aromatic carbocycles. The van der Waals surface area contributed by atoms with Crippen molar-refractivity contribution in [3.8, 4) is 11.5 Å². The van der Waals surface area contributed by atoms with E-state index in [1.165, 1.54) is 13.0 Å². The summed E-state index contributed by atoms with van der Waals surface area (Å²) < 4.78 is 49.4. The number of hydrogen-bond donors (Lipinski definition) is 4. The molecule has 1 aliphatic rings. The first kappa shape index (κ1) is 28.4. The molecule has 4 N–H and O–H groups in total. The molecule has 0 unspecified atom stereocenters. The molecule has 0 atom stereocenters. The van der Waals surface area contributed by atoms with Gasteiger partial charge in [-0.2, -0.15) is 13.2 Å². The largest absolute Gasteiger partial charge is 0.457 e. The van der Waals surface area contributed by atoms with Gasteiger partial charge < -0.3 is 30.6 Å². The molecule has 0 bridgehead atoms. The number of amides is 1. The number of nitrogens with zero attached hydrogens (tertiary/aromatic N) is 3. The standard InChI is InChI=1S/C29H32F3N7O2/c1-3-33-10-11-34-17-19-13-20(29(30,31)32)15-21(14-19)37-28-38-24-6-7-25(23-5-4-12-39(28)27(23)24)41-22-8-9-35-26(16-22)36-18(2)40/h6-9,13-16,33-34H,3-5,10-12,17H2,1-2H3,(H,37,38)(H,35,36,40). The third-order valence-electron chi connectivity index (χ3n) is 6.68. The van der Waals surface area contributed by atoms with Gasteiger partial charge in [-0.1, -0.05) is 6.92 Å². The zero-order chi connectivity index (χ0) is 29.0. The minimum atomic E-state index is -4.48. The average molecular weight is 568 g/mol. The molecule has 0 saturated heterocycles. The fraction of sp³-hybridized carbons (Fsp3) is 0.345. The number of pyridine rings is 1. The van der Waals surface area contributed by atoms with E-state index in [2.05, 4.69) is 26.3 Å². The van der Waals surface area contributed by atoms with E-state index in [0.717, 1.165) is 48.6 Å². The second kappa shape index (κ2) is 12.1. The summed E-state index contributed by atoms with van der Waals surface area (Å²) in [5.41, 5.74) is 2.70. The van der Waals surface area contributed by atoms with Crippen LogP contribution in [-0.4, -0.2) is 40.1 Å². The third kappa shape index (κ3) is 6.77. The van der Waals surface area contributed by atoms with Gasteiger partial charge in [0.1, 0.15) is 17.3 Å². The van der Waals surface area contributed by atoms with E-state index in [-0.39, 0.29) is 5.91 Å². The first-order valence-corrected chi connectivity index (χ1v) is 13.5. The van der Waals surface area contributed by atoms with Crippen molar-refractivity contribution in [2.75, 3.05) is 30.3 Å². The van der Waals surface area contributed by atoms with Crippen molar-refractivity contribution in [1.29, 1.82) is 0 Å². The Kier molecular flexibility index (Phi) is 8.41. The highest BCUT2D eigenvalue weighted by Crippen LogP contribution is 2.38. The first-order chi connectivity index (χ1) is 19.7. The number of ether oxygens (including phenoxy) is 1. The van der Waals surface area contributed by atoms with Crippen molar-refractivity contribution in [3.63, 3.8) is 0 Å². The number of rotatable bonds is 11. The molecule has 41 heavy (non-hydrogen) atoms. The molecule has 0 aliphatic carbocycles. The zero-order valence-electron chi connectivity index (χ0n) is 22.9. The van der Waals surface area contributed by atoms with Crippen LogP contribution in [0.15, 0.2) is 48.7 Å². The fourth-order valence-electron chi connectivity index (χ4n) is 4.94. The number of hydrogen-bond acceptors (Lipinski definition) is 7. The molecule has 1 amide bonds. The predicted molar refractivity (Wildman–Crippen MR) is 152 cm³/mol. The number of likely N-dealkylation sites (N-methyl/N-ethyl adjacent to an activating group) is 1. The number of nitrogens with one attached hydrogen (secondary N) is 4. The van der Waals surface area contributed by atoms with Crippen molar-refractivity contribution in [3.05, 3.63) is 65.4 Å². The van der Waals surface area contributed by atoms with Gasteiger partial charge in [0.2, 0.25) is 11.9 Å². The topological polar surface area (TPSA) is 105 Å². The van der Waals surface area contributed by atoms with Gasteiger partial charge >= 0.3 is 6.18 Å². The Labute approximate surface area is 235 Å². The lowest BCUT2D eigenvalue weighted by molar-refractivity contribution is -0.137. The molecular formula is C29H32F3N7O2. The summed E-state index contributed by atoms with van der Waals surface area (Å²) in [5.74, 6) is 1.79. The average Bonchev–Trinajstić information content (AvgIpc) is 3.28. The lowest BCUT2D eigenvalue weighted by atomic mass is 10.0. The van der Waals surface area contributed by atoms with Crippen LogP contribution in [-0.2, 0) is 30.5 Å². The molecule has 0 spiro atoms. The second-order valence-electron chi connectivity index (χ2n) is 9.83. The summed E-state index contributed by atoms with van der Waals surface area (Å²) in [7, 11) is 0. The minimum absolute atomic E-state index is 0.233. The van der Waals surface area contributed by atoms with Gasteiger partial charge in [0, 0.05) is 56.6 Å². The maximum Gasteiger partial charge on any atom is 0.416 e. The Bertz CT molecular complexity index is 1550. The number of aromatic nitrogens is 3. The third-order valence-corrected chi connectivity index (χ3v) is 6.68. The summed E-state index contributed by atoms with van der Waals surface area (Å²) in [6, 6.07) is 11.0. The zero-order valence-corrected chi connectivity index (χ0v) is 22.9. The van der Waals surface area contributed by atoms with Gasteiger partial charge in [-0.15, -0.1) is 0 Å². The van der Waals surface area contributed by atoms with E-state index >= 15 is 0 Å². The molecule has 0 saturated carbocycles. The molecular weight excluding hydrogens is 535 g/mol. The van der Waals surface area contributed by atoms with Crippen molar-refractivity contribution in [2.45, 2.75) is 46.0 Å². The number of carbonyl (C=O) groups is 1. The molecule has 12 heteroatoms. The monoisotopic (exact) mass is 567 g/mol. The van der Waals surface area contributed by atoms with Gasteiger partial charge in [0.05, 0.1) is 16.6 Å². The summed E-state index contributed by atoms with van der Waals surface area (Å²) in [4.78, 5) is 20.3. The van der Waals surface area contributed by atoms with Crippen LogP contribution in [0.25, 0.3) is 11.0 Å². The number of halogens is 3. The maximum absolute atomic E-state index is 13.7. The highest BCUT2D eigenvalue weighted by Gasteiger charge is 2.31. The van der Waals surface area contributed by atoms with Crippen molar-refractivity contribution in [1.82, 2.24) is 25.2 Å². The lowest BCUT2D eigenvalue weighted by Gasteiger charge is -2.20. The Morgan fingerprint density at radius 2 is 1.93 bits per heavy atom. The summed E-state index contributed by atoms with van der Waals surface area (Å²) in [5, 5.41) is 12.2. The smallest absolute Gasteiger partial charge is 0.416 e. The van der Waals surface area contributed by atoms with Gasteiger partial charge in [0.25, 0.3) is 0 Å². The number of imidazole rings is 1. The molecule has 1 aliphatic heterocycles. The Balaban J connectivity index is 1.43. The summed E-state index contributed by atoms with van der Waals surface area (Å²) >= 11 is 0. The van der Waals surface area contributed by atoms with Gasteiger partial charge in [-0.05, 0) is 61.3 Å². The number of aryl methyl sites for hydroxylation is 2. The van der Waals surface area contributed by atoms with Crippen LogP contribution in [0.3, 0.4) is 0 Å². The Morgan fingerprint density at radius 3 is 2.71 bits per heavy atom. The molecule has 4 aromatic rings. The van der Waals surface area contributed by atoms with Crippen LogP contribution in [0.4, 0.5) is 30.6 Å². The van der Waals surface area contributed by atoms with Crippen molar-refractivity contribution in [2.24, 2.45) is 0 Å².